The van der Waals surface area contributed by atoms with Crippen LogP contribution in [0.25, 0.3) is 0 Å². The molecule has 18 heavy (non-hydrogen) atoms. The van der Waals surface area contributed by atoms with E-state index in [4.69, 9.17) is 9.84 Å². The minimum absolute atomic E-state index is 0.216. The predicted octanol–water partition coefficient (Wildman–Crippen LogP) is 1.45. The smallest absolute Gasteiger partial charge is 0.341 e. The molecule has 5 heteroatoms. The SMILES string of the molecule is C=CCCOCCn1cc(C(=O)O)c(=O)cc1C. The third-order valence-corrected chi connectivity index (χ3v) is 2.52. The van der Waals surface area contributed by atoms with Crippen molar-refractivity contribution < 1.29 is 14.6 Å². The number of aromatic nitrogens is 1. The Kier molecular flexibility index (Phi) is 5.32. The van der Waals surface area contributed by atoms with Crippen molar-refractivity contribution in [3.05, 3.63) is 46.4 Å². The third kappa shape index (κ3) is 3.85. The molecule has 0 unspecified atom stereocenters. The van der Waals surface area contributed by atoms with Crippen molar-refractivity contribution in [1.29, 1.82) is 0 Å². The molecule has 98 valence electrons. The fourth-order valence-electron chi connectivity index (χ4n) is 1.50. The average molecular weight is 251 g/mol. The molecule has 0 aliphatic carbocycles. The van der Waals surface area contributed by atoms with Gasteiger partial charge in [0.25, 0.3) is 0 Å². The van der Waals surface area contributed by atoms with Crippen LogP contribution in [0.4, 0.5) is 0 Å². The van der Waals surface area contributed by atoms with Crippen LogP contribution in [0.3, 0.4) is 0 Å². The van der Waals surface area contributed by atoms with Crippen molar-refractivity contribution in [2.75, 3.05) is 13.2 Å². The summed E-state index contributed by atoms with van der Waals surface area (Å²) < 4.78 is 7.05. The molecular weight excluding hydrogens is 234 g/mol. The van der Waals surface area contributed by atoms with Crippen LogP contribution in [0.15, 0.2) is 29.7 Å². The van der Waals surface area contributed by atoms with Crippen LogP contribution in [0.2, 0.25) is 0 Å². The summed E-state index contributed by atoms with van der Waals surface area (Å²) in [6.45, 7) is 6.92. The van der Waals surface area contributed by atoms with E-state index >= 15 is 0 Å². The highest BCUT2D eigenvalue weighted by Gasteiger charge is 2.10. The first-order valence-electron chi connectivity index (χ1n) is 5.69. The molecule has 0 atom stereocenters. The van der Waals surface area contributed by atoms with Crippen molar-refractivity contribution >= 4 is 5.97 Å². The number of aryl methyl sites for hydroxylation is 1. The molecule has 5 nitrogen and oxygen atoms in total. The first kappa shape index (κ1) is 14.2. The average Bonchev–Trinajstić information content (AvgIpc) is 2.30. The van der Waals surface area contributed by atoms with Gasteiger partial charge in [0.05, 0.1) is 13.2 Å². The number of pyridine rings is 1. The molecule has 0 spiro atoms. The molecule has 0 amide bonds. The van der Waals surface area contributed by atoms with E-state index in [2.05, 4.69) is 6.58 Å². The van der Waals surface area contributed by atoms with Gasteiger partial charge in [-0.15, -0.1) is 6.58 Å². The summed E-state index contributed by atoms with van der Waals surface area (Å²) in [5.74, 6) is -1.21. The Morgan fingerprint density at radius 3 is 2.89 bits per heavy atom. The number of rotatable bonds is 7. The highest BCUT2D eigenvalue weighted by molar-refractivity contribution is 5.87. The van der Waals surface area contributed by atoms with Gasteiger partial charge in [-0.3, -0.25) is 4.79 Å². The third-order valence-electron chi connectivity index (χ3n) is 2.52. The quantitative estimate of drug-likeness (QED) is 0.588. The molecule has 0 saturated carbocycles. The lowest BCUT2D eigenvalue weighted by Crippen LogP contribution is -2.20. The standard InChI is InChI=1S/C13H17NO4/c1-3-4-6-18-7-5-14-9-11(13(16)17)12(15)8-10(14)2/h3,8-9H,1,4-7H2,2H3,(H,16,17). The number of aromatic carboxylic acids is 1. The van der Waals surface area contributed by atoms with Crippen LogP contribution in [0, 0.1) is 6.92 Å². The molecule has 1 aromatic heterocycles. The lowest BCUT2D eigenvalue weighted by Gasteiger charge is -2.11. The molecule has 1 aromatic rings. The molecule has 0 aliphatic rings. The second-order valence-electron chi connectivity index (χ2n) is 3.88. The Hall–Kier alpha value is -1.88. The highest BCUT2D eigenvalue weighted by atomic mass is 16.5. The first-order chi connectivity index (χ1) is 8.56. The van der Waals surface area contributed by atoms with Gasteiger partial charge in [0, 0.05) is 24.5 Å². The summed E-state index contributed by atoms with van der Waals surface area (Å²) in [6, 6.07) is 1.33. The number of ether oxygens (including phenoxy) is 1. The topological polar surface area (TPSA) is 68.5 Å². The maximum atomic E-state index is 11.4. The zero-order valence-corrected chi connectivity index (χ0v) is 10.4. The summed E-state index contributed by atoms with van der Waals surface area (Å²) in [4.78, 5) is 22.3. The second kappa shape index (κ2) is 6.76. The van der Waals surface area contributed by atoms with E-state index in [1.165, 1.54) is 12.3 Å². The molecule has 0 aliphatic heterocycles. The van der Waals surface area contributed by atoms with Crippen molar-refractivity contribution in [2.45, 2.75) is 19.9 Å². The second-order valence-corrected chi connectivity index (χ2v) is 3.88. The fraction of sp³-hybridized carbons (Fsp3) is 0.385. The van der Waals surface area contributed by atoms with Gasteiger partial charge in [-0.25, -0.2) is 4.79 Å². The van der Waals surface area contributed by atoms with Crippen LogP contribution >= 0.6 is 0 Å². The minimum Gasteiger partial charge on any atom is -0.477 e. The van der Waals surface area contributed by atoms with E-state index in [-0.39, 0.29) is 5.56 Å². The van der Waals surface area contributed by atoms with Gasteiger partial charge < -0.3 is 14.4 Å². The highest BCUT2D eigenvalue weighted by Crippen LogP contribution is 2.00. The zero-order chi connectivity index (χ0) is 13.5. The molecule has 0 saturated heterocycles. The van der Waals surface area contributed by atoms with E-state index in [0.717, 1.165) is 12.1 Å². The monoisotopic (exact) mass is 251 g/mol. The number of hydrogen-bond donors (Lipinski definition) is 1. The van der Waals surface area contributed by atoms with E-state index < -0.39 is 11.4 Å². The van der Waals surface area contributed by atoms with Gasteiger partial charge in [0.2, 0.25) is 0 Å². The number of nitrogens with zero attached hydrogens (tertiary/aromatic N) is 1. The summed E-state index contributed by atoms with van der Waals surface area (Å²) in [5, 5.41) is 8.87. The summed E-state index contributed by atoms with van der Waals surface area (Å²) in [6.07, 6.45) is 3.91. The van der Waals surface area contributed by atoms with Gasteiger partial charge in [0.1, 0.15) is 5.56 Å². The largest absolute Gasteiger partial charge is 0.477 e. The van der Waals surface area contributed by atoms with Gasteiger partial charge in [0.15, 0.2) is 5.43 Å². The molecule has 0 fully saturated rings. The predicted molar refractivity (Wildman–Crippen MR) is 68.0 cm³/mol. The Balaban J connectivity index is 2.70. The van der Waals surface area contributed by atoms with Gasteiger partial charge in [-0.1, -0.05) is 6.08 Å². The molecule has 0 radical (unpaired) electrons. The van der Waals surface area contributed by atoms with E-state index in [1.54, 1.807) is 17.6 Å². The summed E-state index contributed by atoms with van der Waals surface area (Å²) in [7, 11) is 0. The van der Waals surface area contributed by atoms with Gasteiger partial charge in [-0.05, 0) is 13.3 Å². The number of carbonyl (C=O) groups is 1. The van der Waals surface area contributed by atoms with E-state index in [9.17, 15) is 9.59 Å². The summed E-state index contributed by atoms with van der Waals surface area (Å²) in [5.41, 5.74) is 0.0350. The number of carboxylic acid groups (broad SMARTS) is 1. The van der Waals surface area contributed by atoms with Crippen molar-refractivity contribution in [3.8, 4) is 0 Å². The maximum absolute atomic E-state index is 11.4. The lowest BCUT2D eigenvalue weighted by atomic mass is 10.2. The van der Waals surface area contributed by atoms with Crippen LogP contribution in [0.5, 0.6) is 0 Å². The Morgan fingerprint density at radius 1 is 1.56 bits per heavy atom. The molecule has 0 aromatic carbocycles. The van der Waals surface area contributed by atoms with Crippen LogP contribution in [0.1, 0.15) is 22.5 Å². The Morgan fingerprint density at radius 2 is 2.28 bits per heavy atom. The van der Waals surface area contributed by atoms with Crippen LogP contribution in [-0.4, -0.2) is 28.9 Å². The van der Waals surface area contributed by atoms with Gasteiger partial charge >= 0.3 is 5.97 Å². The molecular formula is C13H17NO4. The number of hydrogen-bond acceptors (Lipinski definition) is 3. The van der Waals surface area contributed by atoms with Crippen molar-refractivity contribution in [3.63, 3.8) is 0 Å². The van der Waals surface area contributed by atoms with Gasteiger partial charge in [-0.2, -0.15) is 0 Å². The molecule has 1 N–H and O–H groups in total. The Bertz CT molecular complexity index is 490. The maximum Gasteiger partial charge on any atom is 0.341 e. The first-order valence-corrected chi connectivity index (χ1v) is 5.69. The van der Waals surface area contributed by atoms with Crippen molar-refractivity contribution in [1.82, 2.24) is 4.57 Å². The summed E-state index contributed by atoms with van der Waals surface area (Å²) >= 11 is 0. The number of carboxylic acids is 1. The fourth-order valence-corrected chi connectivity index (χ4v) is 1.50. The van der Waals surface area contributed by atoms with E-state index in [1.807, 2.05) is 0 Å². The molecule has 0 bridgehead atoms. The Labute approximate surface area is 105 Å². The normalized spacial score (nSPS) is 10.3. The molecule has 1 rings (SSSR count). The lowest BCUT2D eigenvalue weighted by molar-refractivity contribution is 0.0693. The minimum atomic E-state index is -1.21. The zero-order valence-electron chi connectivity index (χ0n) is 10.4. The van der Waals surface area contributed by atoms with Crippen LogP contribution in [-0.2, 0) is 11.3 Å². The van der Waals surface area contributed by atoms with Crippen molar-refractivity contribution in [2.24, 2.45) is 0 Å². The van der Waals surface area contributed by atoms with E-state index in [0.29, 0.717) is 19.8 Å². The molecule has 1 heterocycles. The van der Waals surface area contributed by atoms with Crippen LogP contribution < -0.4 is 5.43 Å².